The number of benzene rings is 1. The predicted octanol–water partition coefficient (Wildman–Crippen LogP) is 3.19. The van der Waals surface area contributed by atoms with Crippen molar-refractivity contribution in [2.75, 3.05) is 19.5 Å². The lowest BCUT2D eigenvalue weighted by Crippen LogP contribution is -2.37. The highest BCUT2D eigenvalue weighted by Gasteiger charge is 2.26. The molecular formula is C25H33N6O6P. The summed E-state index contributed by atoms with van der Waals surface area (Å²) in [4.78, 5) is 25.4. The third-order valence-electron chi connectivity index (χ3n) is 6.17. The van der Waals surface area contributed by atoms with Gasteiger partial charge in [-0.3, -0.25) is 9.36 Å². The van der Waals surface area contributed by atoms with Crippen molar-refractivity contribution in [2.24, 2.45) is 5.92 Å². The highest BCUT2D eigenvalue weighted by Crippen LogP contribution is 2.34. The van der Waals surface area contributed by atoms with Gasteiger partial charge < -0.3 is 29.4 Å². The van der Waals surface area contributed by atoms with Gasteiger partial charge in [-0.05, 0) is 44.2 Å². The Balaban J connectivity index is 1.31. The number of hydrogen-bond acceptors (Lipinski definition) is 10. The number of aromatic nitrogens is 4. The zero-order valence-electron chi connectivity index (χ0n) is 21.5. The van der Waals surface area contributed by atoms with Gasteiger partial charge in [-0.25, -0.2) is 10.1 Å². The molecule has 0 spiro atoms. The highest BCUT2D eigenvalue weighted by atomic mass is 31.1. The first-order valence-corrected chi connectivity index (χ1v) is 13.7. The largest absolute Gasteiger partial charge is 0.508 e. The van der Waals surface area contributed by atoms with Gasteiger partial charge in [-0.15, -0.1) is 0 Å². The Kier molecular flexibility index (Phi) is 8.98. The molecule has 204 valence electrons. The summed E-state index contributed by atoms with van der Waals surface area (Å²) in [6.07, 6.45) is 7.06. The number of hydrogen-bond donors (Lipinski definition) is 3. The van der Waals surface area contributed by atoms with Crippen molar-refractivity contribution < 1.29 is 28.5 Å². The van der Waals surface area contributed by atoms with Crippen molar-refractivity contribution in [3.8, 4) is 11.6 Å². The van der Waals surface area contributed by atoms with Gasteiger partial charge in [0.1, 0.15) is 11.8 Å². The van der Waals surface area contributed by atoms with E-state index in [1.54, 1.807) is 38.4 Å². The maximum atomic E-state index is 12.7. The molecule has 2 unspecified atom stereocenters. The molecule has 12 nitrogen and oxygen atoms in total. The molecular weight excluding hydrogens is 511 g/mol. The molecule has 0 bridgehead atoms. The Morgan fingerprint density at radius 3 is 2.82 bits per heavy atom. The number of esters is 1. The lowest BCUT2D eigenvalue weighted by Gasteiger charge is -2.20. The molecule has 13 heteroatoms. The number of nitrogens with one attached hydrogen (secondary N) is 1. The van der Waals surface area contributed by atoms with Crippen LogP contribution in [0.5, 0.6) is 11.6 Å². The Morgan fingerprint density at radius 1 is 1.29 bits per heavy atom. The van der Waals surface area contributed by atoms with Crippen LogP contribution in [0.1, 0.15) is 38.3 Å². The van der Waals surface area contributed by atoms with E-state index in [0.717, 1.165) is 6.42 Å². The first-order chi connectivity index (χ1) is 18.2. The lowest BCUT2D eigenvalue weighted by atomic mass is 10.0. The van der Waals surface area contributed by atoms with Crippen LogP contribution in [0.25, 0.3) is 11.2 Å². The number of phenolic OH excluding ortho intramolecular Hbond substituents is 1. The van der Waals surface area contributed by atoms with E-state index in [-0.39, 0.29) is 42.8 Å². The smallest absolute Gasteiger partial charge is 0.324 e. The molecule has 2 heterocycles. The average Bonchev–Trinajstić information content (AvgIpc) is 3.51. The molecule has 0 saturated carbocycles. The summed E-state index contributed by atoms with van der Waals surface area (Å²) in [5.41, 5.74) is 7.50. The lowest BCUT2D eigenvalue weighted by molar-refractivity contribution is -0.149. The van der Waals surface area contributed by atoms with E-state index in [9.17, 15) is 14.5 Å². The number of fused-ring (bicyclic) bond motifs is 1. The number of nitrogens with two attached hydrogens (primary N) is 1. The number of allylic oxidation sites excluding steroid dienone is 2. The van der Waals surface area contributed by atoms with E-state index in [4.69, 9.17) is 19.7 Å². The normalized spacial score (nSPS) is 18.6. The van der Waals surface area contributed by atoms with E-state index < -0.39 is 20.2 Å². The van der Waals surface area contributed by atoms with Crippen molar-refractivity contribution in [3.05, 3.63) is 48.3 Å². The van der Waals surface area contributed by atoms with Gasteiger partial charge in [0, 0.05) is 6.42 Å². The fourth-order valence-electron chi connectivity index (χ4n) is 4.36. The second kappa shape index (κ2) is 12.4. The van der Waals surface area contributed by atoms with Crippen LogP contribution in [0, 0.1) is 5.92 Å². The first kappa shape index (κ1) is 27.6. The van der Waals surface area contributed by atoms with Gasteiger partial charge in [-0.2, -0.15) is 9.97 Å². The van der Waals surface area contributed by atoms with Crippen molar-refractivity contribution >= 4 is 31.3 Å². The molecule has 38 heavy (non-hydrogen) atoms. The standard InChI is InChI=1S/C25H33N6O6P/c1-15(2)37-24(33)19(13-17-6-4-5-7-20(17)32)30-38(34)36-11-10-16-8-9-18(12-16)31-14-27-21-22(31)28-25(26)29-23(21)35-3/h4-9,14-16,18-19,32,38H,10-13H2,1-3H3,(H,30,34)(H2,26,28,29)/t16?,18-,19-/m0/s1. The zero-order chi connectivity index (χ0) is 27.2. The molecule has 0 aliphatic heterocycles. The molecule has 2 aromatic heterocycles. The summed E-state index contributed by atoms with van der Waals surface area (Å²) in [6, 6.07) is 5.78. The molecule has 4 rings (SSSR count). The molecule has 3 aromatic rings. The summed E-state index contributed by atoms with van der Waals surface area (Å²) in [6.45, 7) is 3.71. The molecule has 4 atom stereocenters. The first-order valence-electron chi connectivity index (χ1n) is 12.4. The van der Waals surface area contributed by atoms with Gasteiger partial charge in [0.15, 0.2) is 11.2 Å². The number of para-hydroxylation sites is 1. The van der Waals surface area contributed by atoms with Crippen LogP contribution in [-0.4, -0.2) is 56.5 Å². The maximum absolute atomic E-state index is 12.7. The van der Waals surface area contributed by atoms with Gasteiger partial charge in [-0.1, -0.05) is 30.4 Å². The highest BCUT2D eigenvalue weighted by molar-refractivity contribution is 7.36. The van der Waals surface area contributed by atoms with Crippen LogP contribution >= 0.6 is 8.18 Å². The van der Waals surface area contributed by atoms with Gasteiger partial charge >= 0.3 is 5.97 Å². The van der Waals surface area contributed by atoms with Crippen LogP contribution in [-0.2, 0) is 25.0 Å². The van der Waals surface area contributed by atoms with Crippen LogP contribution in [0.3, 0.4) is 0 Å². The van der Waals surface area contributed by atoms with Gasteiger partial charge in [0.25, 0.3) is 8.18 Å². The van der Waals surface area contributed by atoms with E-state index in [2.05, 4.69) is 32.2 Å². The van der Waals surface area contributed by atoms with E-state index >= 15 is 0 Å². The number of phenols is 1. The molecule has 4 N–H and O–H groups in total. The van der Waals surface area contributed by atoms with Crippen molar-refractivity contribution in [3.63, 3.8) is 0 Å². The number of rotatable bonds is 12. The third-order valence-corrected chi connectivity index (χ3v) is 7.22. The Morgan fingerprint density at radius 2 is 2.08 bits per heavy atom. The molecule has 1 aromatic carbocycles. The van der Waals surface area contributed by atoms with Crippen molar-refractivity contribution in [2.45, 2.75) is 51.3 Å². The number of methoxy groups -OCH3 is 1. The second-order valence-electron chi connectivity index (χ2n) is 9.30. The fourth-order valence-corrected chi connectivity index (χ4v) is 5.25. The van der Waals surface area contributed by atoms with Crippen LogP contribution in [0.15, 0.2) is 42.7 Å². The number of ether oxygens (including phenoxy) is 2. The summed E-state index contributed by atoms with van der Waals surface area (Å²) in [5, 5.41) is 12.9. The maximum Gasteiger partial charge on any atom is 0.324 e. The number of imidazole rings is 1. The monoisotopic (exact) mass is 544 g/mol. The van der Waals surface area contributed by atoms with Gasteiger partial charge in [0.05, 0.1) is 32.2 Å². The number of carbonyl (C=O) groups is 1. The fraction of sp³-hybridized carbons (Fsp3) is 0.440. The van der Waals surface area contributed by atoms with Gasteiger partial charge in [0.2, 0.25) is 11.8 Å². The summed E-state index contributed by atoms with van der Waals surface area (Å²) in [5.74, 6) is 0.127. The average molecular weight is 545 g/mol. The number of aromatic hydroxyl groups is 1. The van der Waals surface area contributed by atoms with Crippen molar-refractivity contribution in [1.82, 2.24) is 24.6 Å². The Labute approximate surface area is 221 Å². The molecule has 0 amide bonds. The minimum Gasteiger partial charge on any atom is -0.508 e. The second-order valence-corrected chi connectivity index (χ2v) is 10.5. The number of anilines is 1. The topological polar surface area (TPSA) is 164 Å². The van der Waals surface area contributed by atoms with E-state index in [1.807, 2.05) is 4.57 Å². The van der Waals surface area contributed by atoms with Crippen LogP contribution in [0.4, 0.5) is 5.95 Å². The minimum atomic E-state index is -2.75. The summed E-state index contributed by atoms with van der Waals surface area (Å²) >= 11 is 0. The Hall–Kier alpha value is -3.47. The molecule has 0 saturated heterocycles. The number of carbonyl (C=O) groups excluding carboxylic acids is 1. The minimum absolute atomic E-state index is 0.0212. The Bertz CT molecular complexity index is 1330. The zero-order valence-corrected chi connectivity index (χ0v) is 22.5. The predicted molar refractivity (Wildman–Crippen MR) is 142 cm³/mol. The quantitative estimate of drug-likeness (QED) is 0.174. The molecule has 1 aliphatic rings. The molecule has 0 fully saturated rings. The third kappa shape index (κ3) is 6.69. The summed E-state index contributed by atoms with van der Waals surface area (Å²) in [7, 11) is -1.25. The van der Waals surface area contributed by atoms with E-state index in [0.29, 0.717) is 29.0 Å². The van der Waals surface area contributed by atoms with Crippen LogP contribution < -0.4 is 15.6 Å². The molecule has 1 aliphatic carbocycles. The number of nitrogen functional groups attached to an aromatic ring is 1. The summed E-state index contributed by atoms with van der Waals surface area (Å²) < 4.78 is 30.8. The number of nitrogens with zero attached hydrogens (tertiary/aromatic N) is 4. The van der Waals surface area contributed by atoms with Crippen LogP contribution in [0.2, 0.25) is 0 Å². The van der Waals surface area contributed by atoms with E-state index in [1.165, 1.54) is 13.2 Å². The van der Waals surface area contributed by atoms with Crippen molar-refractivity contribution in [1.29, 1.82) is 0 Å². The molecule has 0 radical (unpaired) electrons. The SMILES string of the molecule is COc1nc(N)nc2c1ncn2[C@H]1C=CC(CCO[PH](=O)N[C@@H](Cc2ccccc2O)C(=O)OC(C)C)C1.